The number of hydrogen-bond donors (Lipinski definition) is 1. The van der Waals surface area contributed by atoms with E-state index in [1.165, 1.54) is 24.2 Å². The Morgan fingerprint density at radius 2 is 2.13 bits per heavy atom. The number of nitrogens with one attached hydrogen (secondary N) is 1. The average molecular weight is 244 g/mol. The van der Waals surface area contributed by atoms with Crippen LogP contribution in [0.1, 0.15) is 18.4 Å². The molecule has 0 unspecified atom stereocenters. The first-order valence-corrected chi connectivity index (χ1v) is 7.00. The van der Waals surface area contributed by atoms with Crippen LogP contribution in [0.25, 0.3) is 0 Å². The maximum Gasteiger partial charge on any atom is 0.0640 e. The lowest BCUT2D eigenvalue weighted by atomic mass is 10.2. The van der Waals surface area contributed by atoms with Gasteiger partial charge in [-0.15, -0.1) is 0 Å². The number of thioether (sulfide) groups is 1. The Morgan fingerprint density at radius 3 is 2.80 bits per heavy atom. The van der Waals surface area contributed by atoms with Crippen LogP contribution in [0.15, 0.2) is 18.2 Å². The molecule has 1 N–H and O–H groups in total. The van der Waals surface area contributed by atoms with Gasteiger partial charge in [-0.05, 0) is 49.5 Å². The summed E-state index contributed by atoms with van der Waals surface area (Å²) in [5.74, 6) is 1.24. The van der Waals surface area contributed by atoms with E-state index in [1.807, 2.05) is 30.8 Å². The van der Waals surface area contributed by atoms with Gasteiger partial charge in [0.2, 0.25) is 0 Å². The Hall–Kier alpha value is -0.340. The van der Waals surface area contributed by atoms with Crippen LogP contribution in [-0.4, -0.2) is 18.6 Å². The molecular formula is C12H18ClNS. The van der Waals surface area contributed by atoms with Crippen LogP contribution in [0, 0.1) is 6.92 Å². The number of hydrogen-bond acceptors (Lipinski definition) is 2. The highest BCUT2D eigenvalue weighted by atomic mass is 35.5. The summed E-state index contributed by atoms with van der Waals surface area (Å²) in [6, 6.07) is 6.12. The van der Waals surface area contributed by atoms with Crippen LogP contribution < -0.4 is 5.32 Å². The minimum absolute atomic E-state index is 0.819. The highest BCUT2D eigenvalue weighted by Crippen LogP contribution is 2.22. The van der Waals surface area contributed by atoms with E-state index in [9.17, 15) is 0 Å². The van der Waals surface area contributed by atoms with E-state index in [1.54, 1.807) is 0 Å². The van der Waals surface area contributed by atoms with Gasteiger partial charge >= 0.3 is 0 Å². The molecule has 0 heterocycles. The first-order chi connectivity index (χ1) is 7.24. The van der Waals surface area contributed by atoms with Crippen LogP contribution in [0.2, 0.25) is 5.02 Å². The van der Waals surface area contributed by atoms with Crippen LogP contribution in [0.5, 0.6) is 0 Å². The lowest BCUT2D eigenvalue weighted by Gasteiger charge is -2.08. The molecular weight excluding hydrogens is 226 g/mol. The molecule has 0 spiro atoms. The number of halogens is 1. The summed E-state index contributed by atoms with van der Waals surface area (Å²) in [6.45, 7) is 3.05. The Morgan fingerprint density at radius 1 is 1.33 bits per heavy atom. The molecule has 0 aliphatic heterocycles. The zero-order valence-electron chi connectivity index (χ0n) is 9.35. The second kappa shape index (κ2) is 7.02. The second-order valence-electron chi connectivity index (χ2n) is 3.61. The molecule has 0 radical (unpaired) electrons. The minimum atomic E-state index is 0.819. The van der Waals surface area contributed by atoms with Crippen molar-refractivity contribution in [2.24, 2.45) is 0 Å². The summed E-state index contributed by atoms with van der Waals surface area (Å²) in [5, 5.41) is 4.18. The number of rotatable bonds is 6. The maximum absolute atomic E-state index is 6.10. The summed E-state index contributed by atoms with van der Waals surface area (Å²) in [6.07, 6.45) is 4.60. The minimum Gasteiger partial charge on any atom is -0.384 e. The van der Waals surface area contributed by atoms with Crippen molar-refractivity contribution >= 4 is 29.1 Å². The molecule has 0 aromatic heterocycles. The standard InChI is InChI=1S/C12H18ClNS/c1-10-5-6-12(11(13)9-10)14-7-3-4-8-15-2/h5-6,9,14H,3-4,7-8H2,1-2H3. The third-order valence-corrected chi connectivity index (χ3v) is 3.22. The van der Waals surface area contributed by atoms with Crippen molar-refractivity contribution < 1.29 is 0 Å². The maximum atomic E-state index is 6.10. The molecule has 0 fully saturated rings. The van der Waals surface area contributed by atoms with Gasteiger partial charge in [-0.1, -0.05) is 17.7 Å². The summed E-state index contributed by atoms with van der Waals surface area (Å²) in [5.41, 5.74) is 2.25. The Bertz CT molecular complexity index is 302. The molecule has 0 amide bonds. The molecule has 84 valence electrons. The molecule has 3 heteroatoms. The molecule has 1 nitrogen and oxygen atoms in total. The SMILES string of the molecule is CSCCCCNc1ccc(C)cc1Cl. The van der Waals surface area contributed by atoms with Gasteiger partial charge in [-0.2, -0.15) is 11.8 Å². The third kappa shape index (κ3) is 4.80. The molecule has 0 aliphatic rings. The van der Waals surface area contributed by atoms with Gasteiger partial charge < -0.3 is 5.32 Å². The second-order valence-corrected chi connectivity index (χ2v) is 5.00. The van der Waals surface area contributed by atoms with Crippen molar-refractivity contribution in [1.29, 1.82) is 0 Å². The predicted molar refractivity (Wildman–Crippen MR) is 72.3 cm³/mol. The number of unbranched alkanes of at least 4 members (excludes halogenated alkanes) is 1. The first-order valence-electron chi connectivity index (χ1n) is 5.23. The monoisotopic (exact) mass is 243 g/mol. The summed E-state index contributed by atoms with van der Waals surface area (Å²) < 4.78 is 0. The van der Waals surface area contributed by atoms with Gasteiger partial charge in [-0.25, -0.2) is 0 Å². The van der Waals surface area contributed by atoms with E-state index in [4.69, 9.17) is 11.6 Å². The number of aryl methyl sites for hydroxylation is 1. The summed E-state index contributed by atoms with van der Waals surface area (Å²) in [4.78, 5) is 0. The quantitative estimate of drug-likeness (QED) is 0.752. The molecule has 0 atom stereocenters. The van der Waals surface area contributed by atoms with E-state index in [0.29, 0.717) is 0 Å². The Labute approximate surface area is 102 Å². The molecule has 0 bridgehead atoms. The van der Waals surface area contributed by atoms with E-state index in [-0.39, 0.29) is 0 Å². The lowest BCUT2D eigenvalue weighted by Crippen LogP contribution is -2.02. The van der Waals surface area contributed by atoms with Crippen LogP contribution in [0.4, 0.5) is 5.69 Å². The van der Waals surface area contributed by atoms with Crippen molar-refractivity contribution in [3.05, 3.63) is 28.8 Å². The van der Waals surface area contributed by atoms with E-state index in [2.05, 4.69) is 17.6 Å². The van der Waals surface area contributed by atoms with Crippen LogP contribution in [0.3, 0.4) is 0 Å². The van der Waals surface area contributed by atoms with Crippen LogP contribution in [-0.2, 0) is 0 Å². The fourth-order valence-corrected chi connectivity index (χ4v) is 2.15. The zero-order valence-corrected chi connectivity index (χ0v) is 10.9. The Kier molecular flexibility index (Phi) is 5.96. The van der Waals surface area contributed by atoms with Gasteiger partial charge in [0.15, 0.2) is 0 Å². The smallest absolute Gasteiger partial charge is 0.0640 e. The first kappa shape index (κ1) is 12.7. The van der Waals surface area contributed by atoms with Crippen LogP contribution >= 0.6 is 23.4 Å². The highest BCUT2D eigenvalue weighted by molar-refractivity contribution is 7.98. The molecule has 0 saturated carbocycles. The lowest BCUT2D eigenvalue weighted by molar-refractivity contribution is 0.843. The summed E-state index contributed by atoms with van der Waals surface area (Å²) in [7, 11) is 0. The van der Waals surface area contributed by atoms with Gasteiger partial charge in [0.1, 0.15) is 0 Å². The fourth-order valence-electron chi connectivity index (χ4n) is 1.36. The van der Waals surface area contributed by atoms with Crippen molar-refractivity contribution in [3.63, 3.8) is 0 Å². The molecule has 0 aliphatic carbocycles. The molecule has 1 aromatic rings. The van der Waals surface area contributed by atoms with E-state index in [0.717, 1.165) is 17.3 Å². The van der Waals surface area contributed by atoms with Crippen molar-refractivity contribution in [1.82, 2.24) is 0 Å². The molecule has 1 rings (SSSR count). The fraction of sp³-hybridized carbons (Fsp3) is 0.500. The molecule has 0 saturated heterocycles. The topological polar surface area (TPSA) is 12.0 Å². The third-order valence-electron chi connectivity index (χ3n) is 2.22. The van der Waals surface area contributed by atoms with E-state index >= 15 is 0 Å². The molecule has 1 aromatic carbocycles. The van der Waals surface area contributed by atoms with Crippen molar-refractivity contribution in [3.8, 4) is 0 Å². The zero-order chi connectivity index (χ0) is 11.1. The normalized spacial score (nSPS) is 10.3. The number of benzene rings is 1. The van der Waals surface area contributed by atoms with Gasteiger partial charge in [-0.3, -0.25) is 0 Å². The van der Waals surface area contributed by atoms with Crippen molar-refractivity contribution in [2.75, 3.05) is 23.9 Å². The largest absolute Gasteiger partial charge is 0.384 e. The predicted octanol–water partition coefficient (Wildman–Crippen LogP) is 4.20. The van der Waals surface area contributed by atoms with Gasteiger partial charge in [0.25, 0.3) is 0 Å². The van der Waals surface area contributed by atoms with Gasteiger partial charge in [0, 0.05) is 6.54 Å². The summed E-state index contributed by atoms with van der Waals surface area (Å²) >= 11 is 8.00. The Balaban J connectivity index is 2.31. The molecule has 15 heavy (non-hydrogen) atoms. The number of anilines is 1. The highest BCUT2D eigenvalue weighted by Gasteiger charge is 1.98. The van der Waals surface area contributed by atoms with Crippen molar-refractivity contribution in [2.45, 2.75) is 19.8 Å². The van der Waals surface area contributed by atoms with Gasteiger partial charge in [0.05, 0.1) is 10.7 Å². The average Bonchev–Trinajstić information content (AvgIpc) is 2.20. The van der Waals surface area contributed by atoms with E-state index < -0.39 is 0 Å².